The molecule has 18 heavy (non-hydrogen) atoms. The fraction of sp³-hybridized carbons (Fsp3) is 0.167. The second-order valence-electron chi connectivity index (χ2n) is 3.67. The average molecular weight is 243 g/mol. The van der Waals surface area contributed by atoms with Gasteiger partial charge in [-0.25, -0.2) is 0 Å². The number of carbonyl (C=O) groups is 1. The maximum atomic E-state index is 11.7. The van der Waals surface area contributed by atoms with Gasteiger partial charge < -0.3 is 0 Å². The zero-order valence-electron chi connectivity index (χ0n) is 9.78. The first kappa shape index (κ1) is 12.0. The van der Waals surface area contributed by atoms with Gasteiger partial charge in [-0.1, -0.05) is 41.5 Å². The van der Waals surface area contributed by atoms with Crippen molar-refractivity contribution in [3.63, 3.8) is 0 Å². The maximum absolute atomic E-state index is 11.7. The molecule has 0 atom stereocenters. The number of carbonyl (C=O) groups excluding carboxylic acids is 1. The molecule has 2 rings (SSSR count). The van der Waals surface area contributed by atoms with Gasteiger partial charge in [0.05, 0.1) is 13.0 Å². The monoisotopic (exact) mass is 243 g/mol. The lowest BCUT2D eigenvalue weighted by Gasteiger charge is -2.00. The van der Waals surface area contributed by atoms with E-state index < -0.39 is 0 Å². The van der Waals surface area contributed by atoms with Crippen molar-refractivity contribution in [1.82, 2.24) is 20.2 Å². The molecule has 0 aliphatic heterocycles. The van der Waals surface area contributed by atoms with Gasteiger partial charge in [0.2, 0.25) is 5.91 Å². The third-order valence-corrected chi connectivity index (χ3v) is 2.20. The van der Waals surface area contributed by atoms with Crippen LogP contribution in [0.25, 0.3) is 0 Å². The Balaban J connectivity index is 1.92. The van der Waals surface area contributed by atoms with E-state index in [4.69, 9.17) is 0 Å². The Morgan fingerprint density at radius 1 is 1.39 bits per heavy atom. The molecular weight excluding hydrogens is 230 g/mol. The number of benzene rings is 1. The number of rotatable bonds is 5. The number of hydrogen-bond acceptors (Lipinski definition) is 4. The summed E-state index contributed by atoms with van der Waals surface area (Å²) in [5.41, 5.74) is 0.938. The van der Waals surface area contributed by atoms with E-state index in [1.54, 1.807) is 6.08 Å². The van der Waals surface area contributed by atoms with Crippen molar-refractivity contribution in [2.24, 2.45) is 0 Å². The minimum Gasteiger partial charge on any atom is -0.292 e. The molecule has 0 aliphatic carbocycles. The van der Waals surface area contributed by atoms with E-state index in [1.807, 2.05) is 30.3 Å². The summed E-state index contributed by atoms with van der Waals surface area (Å²) in [7, 11) is 0. The zero-order chi connectivity index (χ0) is 12.8. The molecule has 1 aromatic carbocycles. The number of hydrogen-bond donors (Lipinski definition) is 1. The zero-order valence-corrected chi connectivity index (χ0v) is 9.78. The van der Waals surface area contributed by atoms with Crippen molar-refractivity contribution in [3.05, 3.63) is 48.6 Å². The summed E-state index contributed by atoms with van der Waals surface area (Å²) in [6.07, 6.45) is 1.94. The fourth-order valence-electron chi connectivity index (χ4n) is 1.44. The molecule has 0 bridgehead atoms. The van der Waals surface area contributed by atoms with Crippen LogP contribution >= 0.6 is 0 Å². The standard InChI is InChI=1S/C12H13N5O/c1-2-8-17-15-12(14-16-17)13-11(18)9-10-6-4-3-5-7-10/h2-7H,1,8-9H2,(H,13,15,18). The molecule has 1 amide bonds. The van der Waals surface area contributed by atoms with E-state index >= 15 is 0 Å². The van der Waals surface area contributed by atoms with E-state index in [1.165, 1.54) is 4.80 Å². The van der Waals surface area contributed by atoms with Crippen LogP contribution in [0.3, 0.4) is 0 Å². The van der Waals surface area contributed by atoms with Crippen LogP contribution in [-0.2, 0) is 17.8 Å². The van der Waals surface area contributed by atoms with Crippen LogP contribution in [0.4, 0.5) is 5.95 Å². The molecule has 0 spiro atoms. The lowest BCUT2D eigenvalue weighted by atomic mass is 10.1. The quantitative estimate of drug-likeness (QED) is 0.796. The van der Waals surface area contributed by atoms with Crippen molar-refractivity contribution < 1.29 is 4.79 Å². The summed E-state index contributed by atoms with van der Waals surface area (Å²) in [6, 6.07) is 9.47. The minimum atomic E-state index is -0.167. The van der Waals surface area contributed by atoms with Gasteiger partial charge >= 0.3 is 0 Å². The van der Waals surface area contributed by atoms with Crippen LogP contribution < -0.4 is 5.32 Å². The van der Waals surface area contributed by atoms with Crippen LogP contribution in [0.5, 0.6) is 0 Å². The van der Waals surface area contributed by atoms with Crippen LogP contribution in [0.1, 0.15) is 5.56 Å². The SMILES string of the molecule is C=CCn1nnc(NC(=O)Cc2ccccc2)n1. The Morgan fingerprint density at radius 3 is 2.89 bits per heavy atom. The number of allylic oxidation sites excluding steroid dienone is 1. The second-order valence-corrected chi connectivity index (χ2v) is 3.67. The van der Waals surface area contributed by atoms with Gasteiger partial charge in [0.1, 0.15) is 0 Å². The first-order valence-corrected chi connectivity index (χ1v) is 5.50. The molecule has 1 N–H and O–H groups in total. The molecule has 0 fully saturated rings. The first-order chi connectivity index (χ1) is 8.78. The Bertz CT molecular complexity index is 534. The summed E-state index contributed by atoms with van der Waals surface area (Å²) in [5.74, 6) is 0.0390. The van der Waals surface area contributed by atoms with Crippen LogP contribution in [-0.4, -0.2) is 26.1 Å². The van der Waals surface area contributed by atoms with Crippen LogP contribution in [0.2, 0.25) is 0 Å². The molecule has 6 nitrogen and oxygen atoms in total. The van der Waals surface area contributed by atoms with Crippen molar-refractivity contribution in [2.45, 2.75) is 13.0 Å². The predicted octanol–water partition coefficient (Wildman–Crippen LogP) is 1.04. The van der Waals surface area contributed by atoms with E-state index in [2.05, 4.69) is 27.3 Å². The lowest BCUT2D eigenvalue weighted by Crippen LogP contribution is -2.15. The summed E-state index contributed by atoms with van der Waals surface area (Å²) in [4.78, 5) is 13.1. The van der Waals surface area contributed by atoms with Crippen molar-refractivity contribution in [2.75, 3.05) is 5.32 Å². The number of anilines is 1. The molecule has 92 valence electrons. The summed E-state index contributed by atoms with van der Waals surface area (Å²) >= 11 is 0. The molecule has 0 saturated heterocycles. The highest BCUT2D eigenvalue weighted by molar-refractivity contribution is 5.90. The van der Waals surface area contributed by atoms with Gasteiger partial charge in [-0.15, -0.1) is 11.7 Å². The highest BCUT2D eigenvalue weighted by Gasteiger charge is 2.07. The van der Waals surface area contributed by atoms with E-state index in [-0.39, 0.29) is 18.3 Å². The molecule has 0 unspecified atom stereocenters. The van der Waals surface area contributed by atoms with Crippen molar-refractivity contribution >= 4 is 11.9 Å². The van der Waals surface area contributed by atoms with Gasteiger partial charge in [-0.2, -0.15) is 4.80 Å². The summed E-state index contributed by atoms with van der Waals surface area (Å²) in [5, 5.41) is 14.0. The van der Waals surface area contributed by atoms with Crippen molar-refractivity contribution in [3.8, 4) is 0 Å². The molecule has 1 aromatic heterocycles. The fourth-order valence-corrected chi connectivity index (χ4v) is 1.44. The van der Waals surface area contributed by atoms with E-state index in [9.17, 15) is 4.79 Å². The maximum Gasteiger partial charge on any atom is 0.270 e. The third kappa shape index (κ3) is 3.24. The Morgan fingerprint density at radius 2 is 2.17 bits per heavy atom. The molecular formula is C12H13N5O. The molecule has 6 heteroatoms. The normalized spacial score (nSPS) is 10.0. The number of tetrazole rings is 1. The molecule has 0 aliphatic rings. The highest BCUT2D eigenvalue weighted by Crippen LogP contribution is 2.01. The summed E-state index contributed by atoms with van der Waals surface area (Å²) in [6.45, 7) is 4.03. The average Bonchev–Trinajstić information content (AvgIpc) is 2.78. The summed E-state index contributed by atoms with van der Waals surface area (Å²) < 4.78 is 0. The van der Waals surface area contributed by atoms with Gasteiger partial charge in [-0.05, 0) is 10.8 Å². The highest BCUT2D eigenvalue weighted by atomic mass is 16.1. The van der Waals surface area contributed by atoms with E-state index in [0.29, 0.717) is 6.54 Å². The molecule has 0 radical (unpaired) electrons. The second kappa shape index (κ2) is 5.72. The van der Waals surface area contributed by atoms with Crippen LogP contribution in [0.15, 0.2) is 43.0 Å². The van der Waals surface area contributed by atoms with Gasteiger partial charge in [-0.3, -0.25) is 10.1 Å². The first-order valence-electron chi connectivity index (χ1n) is 5.50. The number of aromatic nitrogens is 4. The van der Waals surface area contributed by atoms with Crippen LogP contribution in [0, 0.1) is 0 Å². The third-order valence-electron chi connectivity index (χ3n) is 2.20. The Kier molecular flexibility index (Phi) is 3.80. The lowest BCUT2D eigenvalue weighted by molar-refractivity contribution is -0.115. The van der Waals surface area contributed by atoms with Crippen molar-refractivity contribution in [1.29, 1.82) is 0 Å². The number of amides is 1. The van der Waals surface area contributed by atoms with E-state index in [0.717, 1.165) is 5.56 Å². The molecule has 0 saturated carbocycles. The number of nitrogens with zero attached hydrogens (tertiary/aromatic N) is 4. The minimum absolute atomic E-state index is 0.167. The Hall–Kier alpha value is -2.50. The molecule has 1 heterocycles. The van der Waals surface area contributed by atoms with Gasteiger partial charge in [0.25, 0.3) is 5.95 Å². The van der Waals surface area contributed by atoms with Gasteiger partial charge in [0, 0.05) is 0 Å². The largest absolute Gasteiger partial charge is 0.292 e. The molecule has 2 aromatic rings. The predicted molar refractivity (Wildman–Crippen MR) is 66.8 cm³/mol. The Labute approximate surface area is 104 Å². The number of nitrogens with one attached hydrogen (secondary N) is 1. The van der Waals surface area contributed by atoms with Gasteiger partial charge in [0.15, 0.2) is 0 Å². The topological polar surface area (TPSA) is 72.7 Å². The smallest absolute Gasteiger partial charge is 0.270 e.